The van der Waals surface area contributed by atoms with Gasteiger partial charge in [-0.25, -0.2) is 0 Å². The first kappa shape index (κ1) is 25.6. The van der Waals surface area contributed by atoms with Crippen LogP contribution in [0.25, 0.3) is 0 Å². The first-order valence-electron chi connectivity index (χ1n) is 11.0. The predicted octanol–water partition coefficient (Wildman–Crippen LogP) is 4.40. The molecular weight excluding hydrogens is 505 g/mol. The third-order valence-corrected chi connectivity index (χ3v) is 5.28. The maximum Gasteiger partial charge on any atom is 0.226 e. The number of benzene rings is 1. The number of hydrogen-bond donors (Lipinski definition) is 1. The SMILES string of the molecule is CCNC(=NCCCc1nc(C(C)C)no1)N1CCOC(c2ccc(C)cc2C)C1.I. The molecule has 1 aliphatic rings. The van der Waals surface area contributed by atoms with Gasteiger partial charge in [0, 0.05) is 32.0 Å². The minimum absolute atomic E-state index is 0. The molecule has 0 spiro atoms. The van der Waals surface area contributed by atoms with Crippen molar-refractivity contribution in [2.45, 2.75) is 59.5 Å². The molecular formula is C23H36IN5O2. The molecule has 1 aromatic heterocycles. The highest BCUT2D eigenvalue weighted by atomic mass is 127. The number of aliphatic imine (C=N–C) groups is 1. The molecule has 1 fully saturated rings. The van der Waals surface area contributed by atoms with Gasteiger partial charge in [-0.05, 0) is 38.3 Å². The van der Waals surface area contributed by atoms with Crippen LogP contribution in [0.3, 0.4) is 0 Å². The molecule has 3 rings (SSSR count). The van der Waals surface area contributed by atoms with Crippen LogP contribution in [0.5, 0.6) is 0 Å². The second-order valence-corrected chi connectivity index (χ2v) is 8.21. The highest BCUT2D eigenvalue weighted by Gasteiger charge is 2.25. The number of halogens is 1. The van der Waals surface area contributed by atoms with E-state index in [1.54, 1.807) is 0 Å². The van der Waals surface area contributed by atoms with Crippen molar-refractivity contribution in [3.05, 3.63) is 46.6 Å². The lowest BCUT2D eigenvalue weighted by atomic mass is 10.00. The molecule has 1 atom stereocenters. The monoisotopic (exact) mass is 541 g/mol. The third-order valence-electron chi connectivity index (χ3n) is 5.28. The second-order valence-electron chi connectivity index (χ2n) is 8.21. The fourth-order valence-electron chi connectivity index (χ4n) is 3.66. The normalized spacial score (nSPS) is 17.0. The molecule has 8 heteroatoms. The van der Waals surface area contributed by atoms with Gasteiger partial charge in [-0.1, -0.05) is 42.8 Å². The van der Waals surface area contributed by atoms with E-state index in [1.165, 1.54) is 16.7 Å². The standard InChI is InChI=1S/C23H35N5O2.HI/c1-6-24-23(25-11-7-8-21-26-22(16(2)3)27-30-21)28-12-13-29-20(15-28)19-10-9-17(4)14-18(19)5;/h9-10,14,16,20H,6-8,11-13,15H2,1-5H3,(H,24,25);1H. The Bertz CT molecular complexity index is 852. The zero-order chi connectivity index (χ0) is 21.5. The summed E-state index contributed by atoms with van der Waals surface area (Å²) in [6.07, 6.45) is 1.69. The maximum absolute atomic E-state index is 6.10. The molecule has 1 saturated heterocycles. The molecule has 2 heterocycles. The summed E-state index contributed by atoms with van der Waals surface area (Å²) in [5.74, 6) is 2.70. The van der Waals surface area contributed by atoms with E-state index in [0.717, 1.165) is 44.3 Å². The van der Waals surface area contributed by atoms with Gasteiger partial charge in [0.25, 0.3) is 0 Å². The molecule has 0 radical (unpaired) electrons. The van der Waals surface area contributed by atoms with Crippen LogP contribution < -0.4 is 5.32 Å². The number of guanidine groups is 1. The highest BCUT2D eigenvalue weighted by Crippen LogP contribution is 2.26. The number of hydrogen-bond acceptors (Lipinski definition) is 5. The Morgan fingerprint density at radius 2 is 2.13 bits per heavy atom. The number of ether oxygens (including phenoxy) is 1. The van der Waals surface area contributed by atoms with Crippen molar-refractivity contribution in [3.63, 3.8) is 0 Å². The van der Waals surface area contributed by atoms with E-state index in [1.807, 2.05) is 0 Å². The van der Waals surface area contributed by atoms with E-state index in [2.05, 4.69) is 73.2 Å². The van der Waals surface area contributed by atoms with Gasteiger partial charge in [-0.15, -0.1) is 24.0 Å². The number of nitrogens with one attached hydrogen (secondary N) is 1. The van der Waals surface area contributed by atoms with Crippen molar-refractivity contribution < 1.29 is 9.26 Å². The number of aryl methyl sites for hydroxylation is 3. The highest BCUT2D eigenvalue weighted by molar-refractivity contribution is 14.0. The number of aromatic nitrogens is 2. The lowest BCUT2D eigenvalue weighted by Crippen LogP contribution is -2.48. The summed E-state index contributed by atoms with van der Waals surface area (Å²) in [7, 11) is 0. The van der Waals surface area contributed by atoms with Gasteiger partial charge >= 0.3 is 0 Å². The average molecular weight is 541 g/mol. The van der Waals surface area contributed by atoms with E-state index in [-0.39, 0.29) is 36.0 Å². The Balaban J connectivity index is 0.00000341. The fourth-order valence-corrected chi connectivity index (χ4v) is 3.66. The van der Waals surface area contributed by atoms with Crippen LogP contribution in [0.2, 0.25) is 0 Å². The van der Waals surface area contributed by atoms with Gasteiger partial charge in [-0.2, -0.15) is 4.98 Å². The number of rotatable bonds is 7. The largest absolute Gasteiger partial charge is 0.370 e. The summed E-state index contributed by atoms with van der Waals surface area (Å²) in [5, 5.41) is 7.46. The van der Waals surface area contributed by atoms with Gasteiger partial charge in [0.05, 0.1) is 13.2 Å². The van der Waals surface area contributed by atoms with Crippen LogP contribution in [0, 0.1) is 13.8 Å². The summed E-state index contributed by atoms with van der Waals surface area (Å²) in [6.45, 7) is 14.4. The maximum atomic E-state index is 6.10. The average Bonchev–Trinajstić information content (AvgIpc) is 3.20. The van der Waals surface area contributed by atoms with E-state index in [0.29, 0.717) is 19.0 Å². The van der Waals surface area contributed by atoms with Gasteiger partial charge in [0.1, 0.15) is 6.10 Å². The summed E-state index contributed by atoms with van der Waals surface area (Å²) in [6, 6.07) is 6.57. The van der Waals surface area contributed by atoms with Crippen LogP contribution in [0.15, 0.2) is 27.7 Å². The van der Waals surface area contributed by atoms with Crippen molar-refractivity contribution in [1.29, 1.82) is 0 Å². The van der Waals surface area contributed by atoms with Crippen molar-refractivity contribution in [2.75, 3.05) is 32.8 Å². The Labute approximate surface area is 203 Å². The Morgan fingerprint density at radius 1 is 1.32 bits per heavy atom. The minimum atomic E-state index is 0. The molecule has 31 heavy (non-hydrogen) atoms. The van der Waals surface area contributed by atoms with Gasteiger partial charge in [0.2, 0.25) is 5.89 Å². The summed E-state index contributed by atoms with van der Waals surface area (Å²) < 4.78 is 11.4. The number of nitrogens with zero attached hydrogens (tertiary/aromatic N) is 4. The minimum Gasteiger partial charge on any atom is -0.370 e. The fraction of sp³-hybridized carbons (Fsp3) is 0.609. The second kappa shape index (κ2) is 12.4. The zero-order valence-corrected chi connectivity index (χ0v) is 21.7. The van der Waals surface area contributed by atoms with Crippen molar-refractivity contribution in [3.8, 4) is 0 Å². The van der Waals surface area contributed by atoms with E-state index in [9.17, 15) is 0 Å². The summed E-state index contributed by atoms with van der Waals surface area (Å²) in [4.78, 5) is 11.6. The topological polar surface area (TPSA) is 75.8 Å². The molecule has 0 bridgehead atoms. The van der Waals surface area contributed by atoms with Crippen molar-refractivity contribution in [1.82, 2.24) is 20.4 Å². The Kier molecular flexibility index (Phi) is 10.2. The lowest BCUT2D eigenvalue weighted by Gasteiger charge is -2.36. The summed E-state index contributed by atoms with van der Waals surface area (Å²) >= 11 is 0. The van der Waals surface area contributed by atoms with Crippen LogP contribution in [-0.4, -0.2) is 53.8 Å². The molecule has 1 aliphatic heterocycles. The van der Waals surface area contributed by atoms with E-state index in [4.69, 9.17) is 14.3 Å². The van der Waals surface area contributed by atoms with E-state index < -0.39 is 0 Å². The molecule has 0 saturated carbocycles. The Hall–Kier alpha value is -1.68. The molecule has 172 valence electrons. The lowest BCUT2D eigenvalue weighted by molar-refractivity contribution is -0.00833. The van der Waals surface area contributed by atoms with Crippen molar-refractivity contribution in [2.24, 2.45) is 4.99 Å². The molecule has 1 N–H and O–H groups in total. The quantitative estimate of drug-likeness (QED) is 0.243. The zero-order valence-electron chi connectivity index (χ0n) is 19.4. The molecule has 0 aliphatic carbocycles. The smallest absolute Gasteiger partial charge is 0.226 e. The van der Waals surface area contributed by atoms with Crippen LogP contribution in [0.4, 0.5) is 0 Å². The molecule has 1 aromatic carbocycles. The first-order valence-corrected chi connectivity index (χ1v) is 11.0. The molecule has 7 nitrogen and oxygen atoms in total. The van der Waals surface area contributed by atoms with Gasteiger partial charge in [0.15, 0.2) is 11.8 Å². The van der Waals surface area contributed by atoms with E-state index >= 15 is 0 Å². The predicted molar refractivity (Wildman–Crippen MR) is 134 cm³/mol. The van der Waals surface area contributed by atoms with Crippen LogP contribution in [-0.2, 0) is 11.2 Å². The first-order chi connectivity index (χ1) is 14.5. The third kappa shape index (κ3) is 7.17. The Morgan fingerprint density at radius 3 is 2.81 bits per heavy atom. The van der Waals surface area contributed by atoms with Gasteiger partial charge in [-0.3, -0.25) is 4.99 Å². The molecule has 1 unspecified atom stereocenters. The number of morpholine rings is 1. The molecule has 2 aromatic rings. The molecule has 0 amide bonds. The summed E-state index contributed by atoms with van der Waals surface area (Å²) in [5.41, 5.74) is 3.82. The van der Waals surface area contributed by atoms with Crippen molar-refractivity contribution >= 4 is 29.9 Å². The van der Waals surface area contributed by atoms with Crippen LogP contribution >= 0.6 is 24.0 Å². The van der Waals surface area contributed by atoms with Gasteiger partial charge < -0.3 is 19.5 Å². The van der Waals surface area contributed by atoms with Crippen LogP contribution in [0.1, 0.15) is 67.6 Å².